The summed E-state index contributed by atoms with van der Waals surface area (Å²) in [5.41, 5.74) is 1.60. The number of carbonyl (C=O) groups is 2. The van der Waals surface area contributed by atoms with Gasteiger partial charge in [0.15, 0.2) is 0 Å². The molecule has 5 nitrogen and oxygen atoms in total. The average molecular weight is 343 g/mol. The van der Waals surface area contributed by atoms with Crippen molar-refractivity contribution < 1.29 is 23.8 Å². The lowest BCUT2D eigenvalue weighted by Crippen LogP contribution is -2.24. The molecule has 25 heavy (non-hydrogen) atoms. The summed E-state index contributed by atoms with van der Waals surface area (Å²) < 4.78 is 18.8. The van der Waals surface area contributed by atoms with Crippen LogP contribution in [-0.2, 0) is 22.6 Å². The monoisotopic (exact) mass is 343 g/mol. The minimum Gasteiger partial charge on any atom is -0.481 e. The van der Waals surface area contributed by atoms with Crippen LogP contribution in [-0.4, -0.2) is 23.7 Å². The maximum Gasteiger partial charge on any atom is 0.407 e. The van der Waals surface area contributed by atoms with Gasteiger partial charge in [0.25, 0.3) is 0 Å². The van der Waals surface area contributed by atoms with E-state index in [-0.39, 0.29) is 25.1 Å². The van der Waals surface area contributed by atoms with Crippen molar-refractivity contribution in [3.8, 4) is 0 Å². The Bertz CT molecular complexity index is 759. The average Bonchev–Trinajstić information content (AvgIpc) is 2.60. The summed E-state index contributed by atoms with van der Waals surface area (Å²) in [6.45, 7) is 0.415. The number of rotatable bonds is 7. The summed E-state index contributed by atoms with van der Waals surface area (Å²) in [7, 11) is 0. The Balaban J connectivity index is 1.76. The molecule has 2 rings (SSSR count). The van der Waals surface area contributed by atoms with Crippen molar-refractivity contribution in [3.63, 3.8) is 0 Å². The van der Waals surface area contributed by atoms with E-state index in [9.17, 15) is 14.0 Å². The number of ether oxygens (including phenoxy) is 1. The van der Waals surface area contributed by atoms with Gasteiger partial charge in [-0.15, -0.1) is 0 Å². The van der Waals surface area contributed by atoms with E-state index in [0.717, 1.165) is 5.56 Å². The van der Waals surface area contributed by atoms with Crippen molar-refractivity contribution in [2.24, 2.45) is 0 Å². The van der Waals surface area contributed by atoms with Gasteiger partial charge in [-0.1, -0.05) is 54.6 Å². The van der Waals surface area contributed by atoms with Crippen LogP contribution in [0.2, 0.25) is 0 Å². The summed E-state index contributed by atoms with van der Waals surface area (Å²) >= 11 is 0. The van der Waals surface area contributed by atoms with Gasteiger partial charge in [-0.05, 0) is 22.8 Å². The van der Waals surface area contributed by atoms with Crippen LogP contribution in [0.3, 0.4) is 0 Å². The molecule has 0 bridgehead atoms. The van der Waals surface area contributed by atoms with E-state index in [0.29, 0.717) is 5.56 Å². The quantitative estimate of drug-likeness (QED) is 0.808. The fraction of sp³-hybridized carbons (Fsp3) is 0.158. The number of alkyl carbamates (subject to hydrolysis) is 1. The number of nitrogens with one attached hydrogen (secondary N) is 1. The molecule has 130 valence electrons. The number of carboxylic acid groups (broad SMARTS) is 1. The van der Waals surface area contributed by atoms with E-state index >= 15 is 0 Å². The van der Waals surface area contributed by atoms with Crippen LogP contribution in [0.15, 0.2) is 54.6 Å². The van der Waals surface area contributed by atoms with E-state index < -0.39 is 17.9 Å². The fourth-order valence-corrected chi connectivity index (χ4v) is 2.08. The van der Waals surface area contributed by atoms with Gasteiger partial charge in [0.05, 0.1) is 6.42 Å². The van der Waals surface area contributed by atoms with Crippen molar-refractivity contribution >= 4 is 18.1 Å². The second kappa shape index (κ2) is 9.22. The molecule has 0 aliphatic rings. The highest BCUT2D eigenvalue weighted by atomic mass is 19.1. The molecular weight excluding hydrogens is 325 g/mol. The molecule has 0 saturated heterocycles. The molecule has 0 spiro atoms. The van der Waals surface area contributed by atoms with E-state index in [2.05, 4.69) is 5.32 Å². The SMILES string of the molecule is O=C(O)Cc1ccc(C=CCNC(=O)OCc2ccccc2)cc1F. The first kappa shape index (κ1) is 18.2. The highest BCUT2D eigenvalue weighted by molar-refractivity contribution is 5.70. The molecule has 2 aromatic carbocycles. The van der Waals surface area contributed by atoms with E-state index in [1.807, 2.05) is 30.3 Å². The molecule has 0 aromatic heterocycles. The van der Waals surface area contributed by atoms with Gasteiger partial charge in [-0.2, -0.15) is 0 Å². The van der Waals surface area contributed by atoms with Crippen molar-refractivity contribution in [2.75, 3.05) is 6.54 Å². The number of halogens is 1. The van der Waals surface area contributed by atoms with Crippen LogP contribution in [0.5, 0.6) is 0 Å². The predicted octanol–water partition coefficient (Wildman–Crippen LogP) is 3.39. The molecule has 0 unspecified atom stereocenters. The Labute approximate surface area is 144 Å². The number of carboxylic acids is 1. The van der Waals surface area contributed by atoms with Crippen LogP contribution in [0, 0.1) is 5.82 Å². The third-order valence-electron chi connectivity index (χ3n) is 3.31. The first-order chi connectivity index (χ1) is 12.0. The molecule has 0 aliphatic carbocycles. The standard InChI is InChI=1S/C19H18FNO4/c20-17-11-14(8-9-16(17)12-18(22)23)7-4-10-21-19(24)25-13-15-5-2-1-3-6-15/h1-9,11H,10,12-13H2,(H,21,24)(H,22,23). The van der Waals surface area contributed by atoms with Crippen LogP contribution in [0.4, 0.5) is 9.18 Å². The molecule has 0 aliphatic heterocycles. The smallest absolute Gasteiger partial charge is 0.407 e. The number of hydrogen-bond donors (Lipinski definition) is 2. The first-order valence-electron chi connectivity index (χ1n) is 7.66. The third kappa shape index (κ3) is 6.47. The lowest BCUT2D eigenvalue weighted by molar-refractivity contribution is -0.136. The van der Waals surface area contributed by atoms with Crippen molar-refractivity contribution in [2.45, 2.75) is 13.0 Å². The minimum absolute atomic E-state index is 0.132. The van der Waals surface area contributed by atoms with Crippen LogP contribution < -0.4 is 5.32 Å². The predicted molar refractivity (Wildman–Crippen MR) is 91.4 cm³/mol. The van der Waals surface area contributed by atoms with Crippen molar-refractivity contribution in [3.05, 3.63) is 77.1 Å². The third-order valence-corrected chi connectivity index (χ3v) is 3.31. The zero-order chi connectivity index (χ0) is 18.1. The molecule has 1 amide bonds. The van der Waals surface area contributed by atoms with Gasteiger partial charge in [0.2, 0.25) is 0 Å². The van der Waals surface area contributed by atoms with Gasteiger partial charge >= 0.3 is 12.1 Å². The molecule has 0 radical (unpaired) electrons. The van der Waals surface area contributed by atoms with Gasteiger partial charge in [0.1, 0.15) is 12.4 Å². The summed E-state index contributed by atoms with van der Waals surface area (Å²) in [4.78, 5) is 22.1. The number of amides is 1. The van der Waals surface area contributed by atoms with Crippen LogP contribution in [0.1, 0.15) is 16.7 Å². The van der Waals surface area contributed by atoms with Crippen LogP contribution in [0.25, 0.3) is 6.08 Å². The topological polar surface area (TPSA) is 75.6 Å². The maximum atomic E-state index is 13.7. The van der Waals surface area contributed by atoms with E-state index in [1.165, 1.54) is 12.1 Å². The summed E-state index contributed by atoms with van der Waals surface area (Å²) in [5.74, 6) is -1.65. The molecule has 0 saturated carbocycles. The molecular formula is C19H18FNO4. The highest BCUT2D eigenvalue weighted by Crippen LogP contribution is 2.12. The Hall–Kier alpha value is -3.15. The Kier molecular flexibility index (Phi) is 6.71. The van der Waals surface area contributed by atoms with Crippen molar-refractivity contribution in [1.82, 2.24) is 5.32 Å². The fourth-order valence-electron chi connectivity index (χ4n) is 2.08. The second-order valence-corrected chi connectivity index (χ2v) is 5.27. The molecule has 0 fully saturated rings. The Morgan fingerprint density at radius 2 is 1.92 bits per heavy atom. The molecule has 0 heterocycles. The Morgan fingerprint density at radius 1 is 1.16 bits per heavy atom. The first-order valence-corrected chi connectivity index (χ1v) is 7.66. The van der Waals surface area contributed by atoms with Gasteiger partial charge in [-0.25, -0.2) is 9.18 Å². The summed E-state index contributed by atoms with van der Waals surface area (Å²) in [6, 6.07) is 13.6. The molecule has 2 N–H and O–H groups in total. The van der Waals surface area contributed by atoms with Crippen LogP contribution >= 0.6 is 0 Å². The highest BCUT2D eigenvalue weighted by Gasteiger charge is 2.06. The number of carbonyl (C=O) groups excluding carboxylic acids is 1. The summed E-state index contributed by atoms with van der Waals surface area (Å²) in [5, 5.41) is 11.2. The number of benzene rings is 2. The summed E-state index contributed by atoms with van der Waals surface area (Å²) in [6.07, 6.45) is 2.38. The Morgan fingerprint density at radius 3 is 2.60 bits per heavy atom. The van der Waals surface area contributed by atoms with Crippen molar-refractivity contribution in [1.29, 1.82) is 0 Å². The minimum atomic E-state index is -1.08. The van der Waals surface area contributed by atoms with E-state index in [4.69, 9.17) is 9.84 Å². The normalized spacial score (nSPS) is 10.6. The van der Waals surface area contributed by atoms with E-state index in [1.54, 1.807) is 18.2 Å². The lowest BCUT2D eigenvalue weighted by Gasteiger charge is -2.05. The molecule has 2 aromatic rings. The zero-order valence-corrected chi connectivity index (χ0v) is 13.4. The number of aliphatic carboxylic acids is 1. The molecule has 6 heteroatoms. The largest absolute Gasteiger partial charge is 0.481 e. The molecule has 0 atom stereocenters. The zero-order valence-electron chi connectivity index (χ0n) is 13.4. The van der Waals surface area contributed by atoms with Gasteiger partial charge in [-0.3, -0.25) is 4.79 Å². The maximum absolute atomic E-state index is 13.7. The number of hydrogen-bond acceptors (Lipinski definition) is 3. The second-order valence-electron chi connectivity index (χ2n) is 5.27. The van der Waals surface area contributed by atoms with Gasteiger partial charge in [0, 0.05) is 6.54 Å². The van der Waals surface area contributed by atoms with Gasteiger partial charge < -0.3 is 15.2 Å². The lowest BCUT2D eigenvalue weighted by atomic mass is 10.1.